The number of hydrogen-bond donors (Lipinski definition) is 1. The van der Waals surface area contributed by atoms with Gasteiger partial charge in [0.25, 0.3) is 0 Å². The maximum atomic E-state index is 6.03. The van der Waals surface area contributed by atoms with Gasteiger partial charge in [0.05, 0.1) is 32.4 Å². The molecule has 0 amide bonds. The predicted molar refractivity (Wildman–Crippen MR) is 109 cm³/mol. The van der Waals surface area contributed by atoms with Gasteiger partial charge in [-0.3, -0.25) is 5.01 Å². The Kier molecular flexibility index (Phi) is 5.19. The van der Waals surface area contributed by atoms with E-state index < -0.39 is 0 Å². The van der Waals surface area contributed by atoms with E-state index >= 15 is 0 Å². The fourth-order valence-corrected chi connectivity index (χ4v) is 3.75. The smallest absolute Gasteiger partial charge is 0.104 e. The van der Waals surface area contributed by atoms with Gasteiger partial charge < -0.3 is 4.90 Å². The van der Waals surface area contributed by atoms with Crippen LogP contribution in [0.3, 0.4) is 0 Å². The van der Waals surface area contributed by atoms with Crippen molar-refractivity contribution in [3.8, 4) is 0 Å². The molecule has 3 nitrogen and oxygen atoms in total. The van der Waals surface area contributed by atoms with Crippen LogP contribution in [-0.2, 0) is 6.54 Å². The molecule has 0 bridgehead atoms. The van der Waals surface area contributed by atoms with E-state index in [1.807, 2.05) is 30.5 Å². The number of halogens is 1. The van der Waals surface area contributed by atoms with E-state index in [2.05, 4.69) is 52.6 Å². The number of quaternary nitrogens is 1. The molecule has 1 fully saturated rings. The summed E-state index contributed by atoms with van der Waals surface area (Å²) in [5.74, 6) is 0. The zero-order valence-corrected chi connectivity index (χ0v) is 15.5. The van der Waals surface area contributed by atoms with E-state index in [-0.39, 0.29) is 0 Å². The lowest BCUT2D eigenvalue weighted by atomic mass is 10.0. The minimum atomic E-state index is 0.748. The van der Waals surface area contributed by atoms with Crippen LogP contribution in [0.15, 0.2) is 71.8 Å². The molecule has 1 N–H and O–H groups in total. The quantitative estimate of drug-likeness (QED) is 0.705. The third-order valence-corrected chi connectivity index (χ3v) is 5.22. The highest BCUT2D eigenvalue weighted by Crippen LogP contribution is 2.17. The number of hydrogen-bond acceptors (Lipinski definition) is 2. The Morgan fingerprint density at radius 2 is 1.73 bits per heavy atom. The van der Waals surface area contributed by atoms with E-state index in [1.165, 1.54) is 16.3 Å². The van der Waals surface area contributed by atoms with Crippen molar-refractivity contribution in [2.45, 2.75) is 6.54 Å². The number of piperazine rings is 1. The molecule has 0 spiro atoms. The van der Waals surface area contributed by atoms with Crippen LogP contribution < -0.4 is 4.90 Å². The molecule has 0 saturated carbocycles. The molecule has 1 aliphatic heterocycles. The van der Waals surface area contributed by atoms with Crippen molar-refractivity contribution in [3.63, 3.8) is 0 Å². The molecule has 4 rings (SSSR count). The van der Waals surface area contributed by atoms with Crippen LogP contribution in [0.5, 0.6) is 0 Å². The van der Waals surface area contributed by atoms with Crippen molar-refractivity contribution in [3.05, 3.63) is 82.9 Å². The summed E-state index contributed by atoms with van der Waals surface area (Å²) in [6, 6.07) is 23.1. The Labute approximate surface area is 159 Å². The van der Waals surface area contributed by atoms with Crippen LogP contribution in [0, 0.1) is 0 Å². The van der Waals surface area contributed by atoms with E-state index in [1.54, 1.807) is 4.90 Å². The summed E-state index contributed by atoms with van der Waals surface area (Å²) in [5, 5.41) is 10.2. The maximum absolute atomic E-state index is 6.03. The summed E-state index contributed by atoms with van der Waals surface area (Å²) >= 11 is 6.03. The van der Waals surface area contributed by atoms with Gasteiger partial charge in [0.15, 0.2) is 0 Å². The molecule has 26 heavy (non-hydrogen) atoms. The highest BCUT2D eigenvalue weighted by Gasteiger charge is 2.19. The summed E-state index contributed by atoms with van der Waals surface area (Å²) in [6.07, 6.45) is 1.90. The summed E-state index contributed by atoms with van der Waals surface area (Å²) in [4.78, 5) is 1.62. The molecule has 4 heteroatoms. The summed E-state index contributed by atoms with van der Waals surface area (Å²) in [7, 11) is 0. The van der Waals surface area contributed by atoms with E-state index in [9.17, 15) is 0 Å². The number of fused-ring (bicyclic) bond motifs is 1. The Balaban J connectivity index is 1.36. The van der Waals surface area contributed by atoms with Gasteiger partial charge in [-0.1, -0.05) is 66.2 Å². The fraction of sp³-hybridized carbons (Fsp3) is 0.227. The van der Waals surface area contributed by atoms with Gasteiger partial charge in [0.1, 0.15) is 6.54 Å². The Morgan fingerprint density at radius 3 is 2.58 bits per heavy atom. The normalized spacial score (nSPS) is 15.8. The first-order valence-corrected chi connectivity index (χ1v) is 9.50. The third-order valence-electron chi connectivity index (χ3n) is 4.99. The summed E-state index contributed by atoms with van der Waals surface area (Å²) in [5.41, 5.74) is 2.48. The Hall–Kier alpha value is -2.36. The first-order valence-electron chi connectivity index (χ1n) is 9.13. The molecule has 132 valence electrons. The first-order chi connectivity index (χ1) is 12.8. The van der Waals surface area contributed by atoms with Crippen molar-refractivity contribution in [1.29, 1.82) is 0 Å². The molecule has 3 aromatic rings. The number of nitrogens with zero attached hydrogens (tertiary/aromatic N) is 2. The number of hydrazone groups is 1. The molecule has 0 aromatic heterocycles. The molecule has 0 atom stereocenters. The van der Waals surface area contributed by atoms with Gasteiger partial charge in [-0.2, -0.15) is 5.10 Å². The SMILES string of the molecule is Clc1cccc(/C=N\N2CC[NH+](Cc3cccc4ccccc34)CC2)c1. The second kappa shape index (κ2) is 7.90. The molecular weight excluding hydrogens is 342 g/mol. The zero-order valence-electron chi connectivity index (χ0n) is 14.7. The number of rotatable bonds is 4. The highest BCUT2D eigenvalue weighted by molar-refractivity contribution is 6.30. The average molecular weight is 365 g/mol. The van der Waals surface area contributed by atoms with Crippen LogP contribution in [-0.4, -0.2) is 37.4 Å². The molecule has 1 aliphatic rings. The van der Waals surface area contributed by atoms with Gasteiger partial charge in [-0.15, -0.1) is 0 Å². The van der Waals surface area contributed by atoms with Crippen molar-refractivity contribution in [2.75, 3.05) is 26.2 Å². The van der Waals surface area contributed by atoms with Gasteiger partial charge >= 0.3 is 0 Å². The lowest BCUT2D eigenvalue weighted by Gasteiger charge is -2.30. The molecule has 0 unspecified atom stereocenters. The minimum absolute atomic E-state index is 0.748. The van der Waals surface area contributed by atoms with Crippen molar-refractivity contribution >= 4 is 28.6 Å². The van der Waals surface area contributed by atoms with Gasteiger partial charge in [-0.05, 0) is 28.5 Å². The molecule has 0 aliphatic carbocycles. The van der Waals surface area contributed by atoms with Crippen molar-refractivity contribution in [2.24, 2.45) is 5.10 Å². The lowest BCUT2D eigenvalue weighted by molar-refractivity contribution is -0.918. The number of benzene rings is 3. The summed E-state index contributed by atoms with van der Waals surface area (Å²) in [6.45, 7) is 5.26. The van der Waals surface area contributed by atoms with Gasteiger partial charge in [-0.25, -0.2) is 0 Å². The van der Waals surface area contributed by atoms with Crippen molar-refractivity contribution in [1.82, 2.24) is 5.01 Å². The molecule has 0 radical (unpaired) electrons. The molecule has 3 aromatic carbocycles. The highest BCUT2D eigenvalue weighted by atomic mass is 35.5. The predicted octanol–water partition coefficient (Wildman–Crippen LogP) is 3.23. The van der Waals surface area contributed by atoms with E-state index in [0.29, 0.717) is 0 Å². The fourth-order valence-electron chi connectivity index (χ4n) is 3.55. The first kappa shape index (κ1) is 17.1. The Bertz CT molecular complexity index is 909. The minimum Gasteiger partial charge on any atom is -0.328 e. The topological polar surface area (TPSA) is 20.0 Å². The molecule has 1 heterocycles. The maximum Gasteiger partial charge on any atom is 0.104 e. The average Bonchev–Trinajstić information content (AvgIpc) is 2.68. The van der Waals surface area contributed by atoms with Crippen LogP contribution in [0.1, 0.15) is 11.1 Å². The van der Waals surface area contributed by atoms with Gasteiger partial charge in [0, 0.05) is 10.6 Å². The molecule has 1 saturated heterocycles. The van der Waals surface area contributed by atoms with Crippen LogP contribution in [0.2, 0.25) is 5.02 Å². The van der Waals surface area contributed by atoms with Crippen LogP contribution in [0.4, 0.5) is 0 Å². The monoisotopic (exact) mass is 364 g/mol. The van der Waals surface area contributed by atoms with Crippen molar-refractivity contribution < 1.29 is 4.90 Å². The summed E-state index contributed by atoms with van der Waals surface area (Å²) < 4.78 is 0. The van der Waals surface area contributed by atoms with Crippen LogP contribution >= 0.6 is 11.6 Å². The number of nitrogens with one attached hydrogen (secondary N) is 1. The zero-order chi connectivity index (χ0) is 17.8. The van der Waals surface area contributed by atoms with Gasteiger partial charge in [0.2, 0.25) is 0 Å². The largest absolute Gasteiger partial charge is 0.328 e. The third kappa shape index (κ3) is 4.06. The second-order valence-corrected chi connectivity index (χ2v) is 7.25. The van der Waals surface area contributed by atoms with E-state index in [0.717, 1.165) is 43.3 Å². The lowest BCUT2D eigenvalue weighted by Crippen LogP contribution is -3.13. The Morgan fingerprint density at radius 1 is 0.962 bits per heavy atom. The standard InChI is InChI=1S/C22H22ClN3/c23-21-9-3-5-18(15-21)16-24-26-13-11-25(12-14-26)17-20-8-4-7-19-6-1-2-10-22(19)20/h1-10,15-16H,11-14,17H2/p+1/b24-16-. The van der Waals surface area contributed by atoms with E-state index in [4.69, 9.17) is 11.6 Å². The van der Waals surface area contributed by atoms with Crippen LogP contribution in [0.25, 0.3) is 10.8 Å². The molecular formula is C22H23ClN3+. The second-order valence-electron chi connectivity index (χ2n) is 6.82.